The molecule has 1 aliphatic heterocycles. The molecule has 2 heterocycles. The minimum Gasteiger partial charge on any atom is -0.381 e. The molecule has 2 saturated carbocycles. The van der Waals surface area contributed by atoms with Gasteiger partial charge in [-0.1, -0.05) is 39.5 Å². The summed E-state index contributed by atoms with van der Waals surface area (Å²) in [5.41, 5.74) is 0.101. The zero-order valence-electron chi connectivity index (χ0n) is 25.1. The van der Waals surface area contributed by atoms with Gasteiger partial charge in [0.2, 0.25) is 17.7 Å². The van der Waals surface area contributed by atoms with Gasteiger partial charge in [-0.3, -0.25) is 29.0 Å². The molecule has 5 amide bonds. The Bertz CT molecular complexity index is 1140. The number of aliphatic hydroxyl groups excluding tert-OH is 1. The molecule has 5 N–H and O–H groups in total. The van der Waals surface area contributed by atoms with E-state index in [1.807, 2.05) is 13.8 Å². The topological polar surface area (TPSA) is 183 Å². The number of aliphatic hydroxyl groups is 1. The molecule has 1 aromatic rings. The molecular weight excluding hydrogens is 554 g/mol. The van der Waals surface area contributed by atoms with Crippen LogP contribution in [0.3, 0.4) is 0 Å². The first-order chi connectivity index (χ1) is 20.7. The van der Waals surface area contributed by atoms with Crippen molar-refractivity contribution in [3.8, 4) is 0 Å². The van der Waals surface area contributed by atoms with Crippen LogP contribution in [0.4, 0.5) is 0 Å². The highest BCUT2D eigenvalue weighted by molar-refractivity contribution is 5.97. The molecule has 1 saturated heterocycles. The fraction of sp³-hybridized carbons (Fsp3) is 0.700. The Labute approximate surface area is 252 Å². The lowest BCUT2D eigenvalue weighted by atomic mass is 9.83. The average molecular weight is 600 g/mol. The first-order valence-electron chi connectivity index (χ1n) is 15.6. The predicted molar refractivity (Wildman–Crippen MR) is 156 cm³/mol. The number of carbonyl (C=O) groups excluding carboxylic acids is 5. The van der Waals surface area contributed by atoms with Crippen LogP contribution in [0, 0.1) is 11.8 Å². The van der Waals surface area contributed by atoms with Crippen LogP contribution in [-0.4, -0.2) is 92.9 Å². The number of nitrogens with zero attached hydrogens (tertiary/aromatic N) is 3. The second kappa shape index (κ2) is 15.2. The van der Waals surface area contributed by atoms with Crippen molar-refractivity contribution >= 4 is 29.5 Å². The van der Waals surface area contributed by atoms with Crippen molar-refractivity contribution in [2.45, 2.75) is 108 Å². The van der Waals surface area contributed by atoms with Gasteiger partial charge in [-0.2, -0.15) is 0 Å². The molecule has 0 spiro atoms. The Morgan fingerprint density at radius 1 is 1.00 bits per heavy atom. The summed E-state index contributed by atoms with van der Waals surface area (Å²) < 4.78 is 0. The van der Waals surface area contributed by atoms with Gasteiger partial charge >= 0.3 is 0 Å². The van der Waals surface area contributed by atoms with E-state index in [0.29, 0.717) is 25.8 Å². The van der Waals surface area contributed by atoms with E-state index in [9.17, 15) is 29.1 Å². The third-order valence-electron chi connectivity index (χ3n) is 8.69. The largest absolute Gasteiger partial charge is 0.381 e. The summed E-state index contributed by atoms with van der Waals surface area (Å²) in [5.74, 6) is -2.55. The van der Waals surface area contributed by atoms with Gasteiger partial charge in [0.1, 0.15) is 17.8 Å². The molecule has 1 unspecified atom stereocenters. The van der Waals surface area contributed by atoms with Crippen LogP contribution in [0.5, 0.6) is 0 Å². The van der Waals surface area contributed by atoms with E-state index in [4.69, 9.17) is 0 Å². The van der Waals surface area contributed by atoms with Crippen LogP contribution >= 0.6 is 0 Å². The van der Waals surface area contributed by atoms with Gasteiger partial charge in [0.15, 0.2) is 6.10 Å². The summed E-state index contributed by atoms with van der Waals surface area (Å²) in [5, 5.41) is 21.8. The highest BCUT2D eigenvalue weighted by Gasteiger charge is 2.41. The molecule has 236 valence electrons. The zero-order chi connectivity index (χ0) is 30.9. The minimum absolute atomic E-state index is 0.0751. The quantitative estimate of drug-likeness (QED) is 0.216. The second-order valence-corrected chi connectivity index (χ2v) is 12.1. The standard InChI is InChI=1S/C30H45N7O6/c1-3-7-21(26(39)30(43)34-20-10-11-20)35-29(42)25-18(2)12-15-37(25)23(38)17-33-28(41)24(19-8-5-4-6-9-19)36-27(40)22-16-31-13-14-32-22/h13-14,16,18-21,24-26,39H,3-12,15,17H2,1-2H3,(H,33,41)(H,34,43)(H,35,42)(H,36,40)/t18-,21-,24-,25-,26?/m0/s1. The first-order valence-corrected chi connectivity index (χ1v) is 15.6. The third kappa shape index (κ3) is 8.71. The molecule has 0 bridgehead atoms. The third-order valence-corrected chi connectivity index (χ3v) is 8.69. The van der Waals surface area contributed by atoms with Crippen molar-refractivity contribution in [2.24, 2.45) is 11.8 Å². The SMILES string of the molecule is CCC[C@H](NC(=O)[C@@H]1[C@@H](C)CCN1C(=O)CNC(=O)[C@@H](NC(=O)c1cnccn1)C1CCCCC1)C(O)C(=O)NC1CC1. The maximum Gasteiger partial charge on any atom is 0.272 e. The van der Waals surface area contributed by atoms with Crippen LogP contribution in [0.1, 0.15) is 88.5 Å². The normalized spacial score (nSPS) is 22.6. The Kier molecular flexibility index (Phi) is 11.4. The molecule has 13 heteroatoms. The van der Waals surface area contributed by atoms with Crippen LogP contribution in [0.25, 0.3) is 0 Å². The van der Waals surface area contributed by atoms with Crippen molar-refractivity contribution in [1.82, 2.24) is 36.1 Å². The Balaban J connectivity index is 1.37. The summed E-state index contributed by atoms with van der Waals surface area (Å²) in [7, 11) is 0. The summed E-state index contributed by atoms with van der Waals surface area (Å²) >= 11 is 0. The second-order valence-electron chi connectivity index (χ2n) is 12.1. The smallest absolute Gasteiger partial charge is 0.272 e. The number of hydrogen-bond acceptors (Lipinski definition) is 8. The lowest BCUT2D eigenvalue weighted by molar-refractivity contribution is -0.141. The molecule has 0 aromatic carbocycles. The van der Waals surface area contributed by atoms with Crippen LogP contribution < -0.4 is 21.3 Å². The van der Waals surface area contributed by atoms with Crippen molar-refractivity contribution in [1.29, 1.82) is 0 Å². The summed E-state index contributed by atoms with van der Waals surface area (Å²) in [6, 6.07) is -2.34. The van der Waals surface area contributed by atoms with Gasteiger partial charge in [0.05, 0.1) is 18.8 Å². The van der Waals surface area contributed by atoms with Crippen molar-refractivity contribution in [3.05, 3.63) is 24.3 Å². The van der Waals surface area contributed by atoms with Crippen LogP contribution in [0.2, 0.25) is 0 Å². The Morgan fingerprint density at radius 3 is 2.40 bits per heavy atom. The Morgan fingerprint density at radius 2 is 1.74 bits per heavy atom. The molecule has 5 atom stereocenters. The van der Waals surface area contributed by atoms with Gasteiger partial charge in [-0.25, -0.2) is 4.98 Å². The van der Waals surface area contributed by atoms with E-state index in [2.05, 4.69) is 31.2 Å². The van der Waals surface area contributed by atoms with Gasteiger partial charge in [-0.05, 0) is 50.4 Å². The summed E-state index contributed by atoms with van der Waals surface area (Å²) in [6.07, 6.45) is 10.7. The Hall–Kier alpha value is -3.61. The number of aromatic nitrogens is 2. The van der Waals surface area contributed by atoms with E-state index < -0.39 is 53.8 Å². The van der Waals surface area contributed by atoms with Crippen LogP contribution in [-0.2, 0) is 19.2 Å². The van der Waals surface area contributed by atoms with Crippen molar-refractivity contribution in [3.63, 3.8) is 0 Å². The molecule has 3 fully saturated rings. The van der Waals surface area contributed by atoms with Gasteiger partial charge in [0.25, 0.3) is 11.8 Å². The van der Waals surface area contributed by atoms with E-state index in [0.717, 1.165) is 44.9 Å². The molecule has 3 aliphatic rings. The molecule has 43 heavy (non-hydrogen) atoms. The van der Waals surface area contributed by atoms with E-state index >= 15 is 0 Å². The van der Waals surface area contributed by atoms with Gasteiger partial charge < -0.3 is 31.3 Å². The number of likely N-dealkylation sites (tertiary alicyclic amines) is 1. The fourth-order valence-electron chi connectivity index (χ4n) is 6.08. The van der Waals surface area contributed by atoms with Crippen molar-refractivity contribution in [2.75, 3.05) is 13.1 Å². The maximum atomic E-state index is 13.4. The van der Waals surface area contributed by atoms with E-state index in [1.165, 1.54) is 23.5 Å². The predicted octanol–water partition coefficient (Wildman–Crippen LogP) is 0.433. The lowest BCUT2D eigenvalue weighted by Gasteiger charge is -2.31. The molecule has 2 aliphatic carbocycles. The number of nitrogens with one attached hydrogen (secondary N) is 4. The molecule has 0 radical (unpaired) electrons. The van der Waals surface area contributed by atoms with Gasteiger partial charge in [-0.15, -0.1) is 0 Å². The van der Waals surface area contributed by atoms with Crippen LogP contribution in [0.15, 0.2) is 18.6 Å². The molecular formula is C30H45N7O6. The number of amides is 5. The summed E-state index contributed by atoms with van der Waals surface area (Å²) in [6.45, 7) is 3.79. The monoisotopic (exact) mass is 599 g/mol. The van der Waals surface area contributed by atoms with Crippen molar-refractivity contribution < 1.29 is 29.1 Å². The van der Waals surface area contributed by atoms with E-state index in [1.54, 1.807) is 0 Å². The molecule has 13 nitrogen and oxygen atoms in total. The first kappa shape index (κ1) is 32.3. The maximum absolute atomic E-state index is 13.4. The average Bonchev–Trinajstić information content (AvgIpc) is 3.75. The zero-order valence-corrected chi connectivity index (χ0v) is 25.1. The summed E-state index contributed by atoms with van der Waals surface area (Å²) in [4.78, 5) is 74.8. The lowest BCUT2D eigenvalue weighted by Crippen LogP contribution is -2.57. The number of rotatable bonds is 13. The fourth-order valence-corrected chi connectivity index (χ4v) is 6.08. The number of carbonyl (C=O) groups is 5. The molecule has 1 aromatic heterocycles. The minimum atomic E-state index is -1.39. The van der Waals surface area contributed by atoms with E-state index in [-0.39, 0.29) is 30.1 Å². The van der Waals surface area contributed by atoms with Gasteiger partial charge in [0, 0.05) is 25.0 Å². The highest BCUT2D eigenvalue weighted by atomic mass is 16.3. The molecule has 4 rings (SSSR count). The number of hydrogen-bond donors (Lipinski definition) is 5. The highest BCUT2D eigenvalue weighted by Crippen LogP contribution is 2.27.